The molecule has 16 nitrogen and oxygen atoms in total. The molecule has 1 heterocycles. The minimum Gasteiger partial charge on any atom is -0.478 e. The minimum atomic E-state index is -1.29. The van der Waals surface area contributed by atoms with E-state index in [1.807, 2.05) is 30.3 Å². The number of amides is 4. The maximum atomic E-state index is 14.6. The van der Waals surface area contributed by atoms with Crippen molar-refractivity contribution < 1.29 is 57.7 Å². The van der Waals surface area contributed by atoms with Crippen molar-refractivity contribution in [3.05, 3.63) is 107 Å². The van der Waals surface area contributed by atoms with E-state index in [1.54, 1.807) is 58.0 Å². The average Bonchev–Trinajstić information content (AvgIpc) is 3.70. The highest BCUT2D eigenvalue weighted by Crippen LogP contribution is 2.28. The van der Waals surface area contributed by atoms with E-state index < -0.39 is 108 Å². The zero-order chi connectivity index (χ0) is 47.0. The Labute approximate surface area is 372 Å². The molecular formula is C48H58N4O12. The molecule has 0 aliphatic carbocycles. The molecule has 1 aliphatic heterocycles. The number of carboxylic acid groups (broad SMARTS) is 1. The number of rotatable bonds is 24. The first kappa shape index (κ1) is 50.1. The van der Waals surface area contributed by atoms with Crippen molar-refractivity contribution in [2.24, 2.45) is 11.7 Å². The Kier molecular flexibility index (Phi) is 18.6. The third kappa shape index (κ3) is 15.4. The summed E-state index contributed by atoms with van der Waals surface area (Å²) < 4.78 is 11.6. The maximum Gasteiger partial charge on any atom is 0.335 e. The first-order chi connectivity index (χ1) is 30.4. The fourth-order valence-corrected chi connectivity index (χ4v) is 7.42. The fraction of sp³-hybridized carbons (Fsp3) is 0.438. The summed E-state index contributed by atoms with van der Waals surface area (Å²) in [5.41, 5.74) is 5.85. The number of hydrogen-bond acceptors (Lipinski definition) is 11. The lowest BCUT2D eigenvalue weighted by Gasteiger charge is -2.29. The average molecular weight is 883 g/mol. The van der Waals surface area contributed by atoms with Gasteiger partial charge in [-0.3, -0.25) is 38.4 Å². The number of primary amides is 1. The van der Waals surface area contributed by atoms with E-state index in [4.69, 9.17) is 15.2 Å². The van der Waals surface area contributed by atoms with Crippen molar-refractivity contribution in [3.8, 4) is 0 Å². The van der Waals surface area contributed by atoms with Gasteiger partial charge < -0.3 is 35.8 Å². The van der Waals surface area contributed by atoms with E-state index in [1.165, 1.54) is 23.1 Å². The molecule has 4 rings (SSSR count). The number of esters is 1. The van der Waals surface area contributed by atoms with Gasteiger partial charge in [-0.15, -0.1) is 0 Å². The molecule has 0 spiro atoms. The largest absolute Gasteiger partial charge is 0.478 e. The summed E-state index contributed by atoms with van der Waals surface area (Å²) in [4.78, 5) is 120. The van der Waals surface area contributed by atoms with Crippen LogP contribution in [0.1, 0.15) is 123 Å². The highest BCUT2D eigenvalue weighted by Gasteiger charge is 2.43. The lowest BCUT2D eigenvalue weighted by Crippen LogP contribution is -2.52. The summed E-state index contributed by atoms with van der Waals surface area (Å²) >= 11 is 0. The number of nitrogens with one attached hydrogen (secondary N) is 2. The number of nitrogens with two attached hydrogens (primary N) is 1. The molecule has 64 heavy (non-hydrogen) atoms. The number of likely N-dealkylation sites (tertiary alicyclic amines) is 1. The summed E-state index contributed by atoms with van der Waals surface area (Å²) in [6.07, 6.45) is -1.36. The van der Waals surface area contributed by atoms with Gasteiger partial charge in [0.15, 0.2) is 11.6 Å². The van der Waals surface area contributed by atoms with Gasteiger partial charge in [0, 0.05) is 50.1 Å². The lowest BCUT2D eigenvalue weighted by molar-refractivity contribution is -0.155. The summed E-state index contributed by atoms with van der Waals surface area (Å²) in [7, 11) is 0. The summed E-state index contributed by atoms with van der Waals surface area (Å²) in [6.45, 7) is 7.02. The van der Waals surface area contributed by atoms with Gasteiger partial charge in [0.2, 0.25) is 23.5 Å². The molecule has 5 atom stereocenters. The van der Waals surface area contributed by atoms with Crippen LogP contribution in [0.3, 0.4) is 0 Å². The second kappa shape index (κ2) is 23.8. The lowest BCUT2D eigenvalue weighted by atomic mass is 9.87. The summed E-state index contributed by atoms with van der Waals surface area (Å²) in [5.74, 6) is -8.00. The number of Topliss-reactive ketones (excluding diaryl/α,β-unsaturated/α-hetero) is 3. The fourth-order valence-electron chi connectivity index (χ4n) is 7.42. The van der Waals surface area contributed by atoms with Crippen molar-refractivity contribution in [2.45, 2.75) is 122 Å². The summed E-state index contributed by atoms with van der Waals surface area (Å²) in [6, 6.07) is 19.2. The highest BCUT2D eigenvalue weighted by molar-refractivity contribution is 6.38. The molecule has 3 aromatic rings. The highest BCUT2D eigenvalue weighted by atomic mass is 16.6. The topological polar surface area (TPSA) is 246 Å². The molecule has 5 N–H and O–H groups in total. The van der Waals surface area contributed by atoms with Crippen LogP contribution in [0.2, 0.25) is 0 Å². The van der Waals surface area contributed by atoms with Crippen molar-refractivity contribution in [1.82, 2.24) is 15.5 Å². The number of aromatic carboxylic acids is 1. The molecule has 1 saturated heterocycles. The quantitative estimate of drug-likeness (QED) is 0.0699. The molecule has 0 aromatic heterocycles. The molecule has 1 unspecified atom stereocenters. The molecule has 0 bridgehead atoms. The molecule has 1 fully saturated rings. The van der Waals surface area contributed by atoms with Gasteiger partial charge in [0.05, 0.1) is 24.3 Å². The number of ether oxygens (including phenoxy) is 2. The van der Waals surface area contributed by atoms with Crippen LogP contribution in [0.5, 0.6) is 0 Å². The molecule has 1 aliphatic rings. The van der Waals surface area contributed by atoms with Gasteiger partial charge in [-0.25, -0.2) is 4.79 Å². The Morgan fingerprint density at radius 1 is 0.828 bits per heavy atom. The van der Waals surface area contributed by atoms with Crippen LogP contribution < -0.4 is 16.4 Å². The van der Waals surface area contributed by atoms with Crippen molar-refractivity contribution in [2.75, 3.05) is 6.54 Å². The molecule has 342 valence electrons. The van der Waals surface area contributed by atoms with E-state index in [9.17, 15) is 48.3 Å². The normalized spacial score (nSPS) is 16.2. The monoisotopic (exact) mass is 882 g/mol. The van der Waals surface area contributed by atoms with Crippen LogP contribution >= 0.6 is 0 Å². The van der Waals surface area contributed by atoms with Crippen molar-refractivity contribution >= 4 is 52.9 Å². The predicted molar refractivity (Wildman–Crippen MR) is 233 cm³/mol. The number of carbonyl (C=O) groups is 9. The van der Waals surface area contributed by atoms with Gasteiger partial charge in [-0.2, -0.15) is 0 Å². The molecule has 0 radical (unpaired) electrons. The Balaban J connectivity index is 1.55. The van der Waals surface area contributed by atoms with Crippen LogP contribution in [-0.2, 0) is 49.6 Å². The van der Waals surface area contributed by atoms with E-state index in [0.29, 0.717) is 12.0 Å². The number of carbonyl (C=O) groups excluding carboxylic acids is 8. The van der Waals surface area contributed by atoms with Crippen LogP contribution in [-0.4, -0.2) is 93.3 Å². The zero-order valence-electron chi connectivity index (χ0n) is 36.7. The number of hydrogen-bond donors (Lipinski definition) is 4. The third-order valence-electron chi connectivity index (χ3n) is 10.5. The number of benzene rings is 3. The third-order valence-corrected chi connectivity index (χ3v) is 10.5. The van der Waals surface area contributed by atoms with E-state index >= 15 is 0 Å². The maximum absolute atomic E-state index is 14.6. The molecule has 16 heteroatoms. The van der Waals surface area contributed by atoms with Crippen LogP contribution in [0.25, 0.3) is 0 Å². The predicted octanol–water partition coefficient (Wildman–Crippen LogP) is 4.82. The molecule has 0 saturated carbocycles. The Bertz CT molecular complexity index is 2150. The molecular weight excluding hydrogens is 825 g/mol. The van der Waals surface area contributed by atoms with Gasteiger partial charge in [-0.05, 0) is 69.4 Å². The van der Waals surface area contributed by atoms with Gasteiger partial charge in [0.1, 0.15) is 17.7 Å². The van der Waals surface area contributed by atoms with E-state index in [2.05, 4.69) is 10.6 Å². The zero-order valence-corrected chi connectivity index (χ0v) is 36.7. The van der Waals surface area contributed by atoms with Crippen LogP contribution in [0.15, 0.2) is 84.9 Å². The number of nitrogens with zero attached hydrogens (tertiary/aromatic N) is 1. The smallest absolute Gasteiger partial charge is 0.335 e. The molecule has 3 aromatic carbocycles. The Hall–Kier alpha value is -6.55. The Morgan fingerprint density at radius 2 is 1.48 bits per heavy atom. The Morgan fingerprint density at radius 3 is 2.11 bits per heavy atom. The van der Waals surface area contributed by atoms with Crippen LogP contribution in [0, 0.1) is 5.92 Å². The molecule has 4 amide bonds. The van der Waals surface area contributed by atoms with E-state index in [-0.39, 0.29) is 56.4 Å². The second-order valence-corrected chi connectivity index (χ2v) is 16.8. The minimum absolute atomic E-state index is 0.0325. The van der Waals surface area contributed by atoms with Crippen LogP contribution in [0.4, 0.5) is 0 Å². The SMILES string of the molecule is CCCC(CC(=O)[C@@H]1C[C@@H](OCc2ccccc2)CN1C(=O)[C@H](CCCC(=O)OC(C)(C)C)NC(=O)c1cccc(C(=O)O)c1)C(=O)C(=O)CCC(=O)N[C@H](C(N)=O)c1ccccc1. The van der Waals surface area contributed by atoms with Crippen molar-refractivity contribution in [1.29, 1.82) is 0 Å². The summed E-state index contributed by atoms with van der Waals surface area (Å²) in [5, 5.41) is 14.7. The van der Waals surface area contributed by atoms with E-state index in [0.717, 1.165) is 11.6 Å². The standard InChI is InChI=1S/C48H58N4O12/c1-5-14-32(43(57)38(53)23-24-40(55)51-42(44(49)58)31-17-10-7-11-18-31)26-39(54)37-27-35(63-29-30-15-8-6-9-16-30)28-52(37)46(60)36(21-13-22-41(56)64-48(2,3)4)50-45(59)33-19-12-20-34(25-33)47(61)62/h6-12,15-20,25,32,35-37,42H,5,13-14,21-24,26-29H2,1-4H3,(H2,49,58)(H,50,59)(H,51,55)(H,61,62)/t32?,35-,36+,37+,42+/m1/s1. The number of carboxylic acids is 1. The first-order valence-electron chi connectivity index (χ1n) is 21.4. The first-order valence-corrected chi connectivity index (χ1v) is 21.4. The number of ketones is 3. The van der Waals surface area contributed by atoms with Gasteiger partial charge >= 0.3 is 11.9 Å². The van der Waals surface area contributed by atoms with Gasteiger partial charge in [0.25, 0.3) is 5.91 Å². The van der Waals surface area contributed by atoms with Gasteiger partial charge in [-0.1, -0.05) is 80.1 Å². The second-order valence-electron chi connectivity index (χ2n) is 16.8. The van der Waals surface area contributed by atoms with Crippen molar-refractivity contribution in [3.63, 3.8) is 0 Å².